The van der Waals surface area contributed by atoms with Crippen LogP contribution in [0.5, 0.6) is 0 Å². The van der Waals surface area contributed by atoms with E-state index in [0.717, 1.165) is 11.3 Å². The van der Waals surface area contributed by atoms with Crippen LogP contribution < -0.4 is 0 Å². The van der Waals surface area contributed by atoms with Crippen molar-refractivity contribution in [1.82, 2.24) is 0 Å². The van der Waals surface area contributed by atoms with E-state index in [9.17, 15) is 0 Å². The number of benzene rings is 1. The summed E-state index contributed by atoms with van der Waals surface area (Å²) in [4.78, 5) is 0. The van der Waals surface area contributed by atoms with Gasteiger partial charge in [0.25, 0.3) is 0 Å². The highest BCUT2D eigenvalue weighted by atomic mass is 16.3. The van der Waals surface area contributed by atoms with Crippen molar-refractivity contribution in [2.24, 2.45) is 0 Å². The standard InChI is InChI=1S/C20H14O/c1-3-8-15(9-4-1)18-14-19(20-12-7-13-21-20)17-11-6-2-5-10-16(17)18/h1-14H. The average Bonchev–Trinajstić information content (AvgIpc) is 3.10. The fourth-order valence-electron chi connectivity index (χ4n) is 2.81. The van der Waals surface area contributed by atoms with Gasteiger partial charge in [-0.1, -0.05) is 60.7 Å². The molecule has 0 bridgehead atoms. The molecule has 4 rings (SSSR count). The molecular weight excluding hydrogens is 256 g/mol. The molecule has 21 heavy (non-hydrogen) atoms. The first-order chi connectivity index (χ1) is 10.4. The molecule has 2 aliphatic rings. The van der Waals surface area contributed by atoms with E-state index in [1.807, 2.05) is 18.2 Å². The third-order valence-electron chi connectivity index (χ3n) is 3.78. The van der Waals surface area contributed by atoms with Gasteiger partial charge in [-0.05, 0) is 40.5 Å². The van der Waals surface area contributed by atoms with Crippen molar-refractivity contribution in [3.8, 4) is 33.6 Å². The number of rotatable bonds is 2. The van der Waals surface area contributed by atoms with Crippen LogP contribution in [0.15, 0.2) is 89.5 Å². The first-order valence-corrected chi connectivity index (χ1v) is 7.04. The molecular formula is C20H14O. The van der Waals surface area contributed by atoms with Gasteiger partial charge >= 0.3 is 0 Å². The van der Waals surface area contributed by atoms with E-state index in [1.165, 1.54) is 22.3 Å². The van der Waals surface area contributed by atoms with Gasteiger partial charge in [-0.2, -0.15) is 0 Å². The molecule has 1 heteroatoms. The molecule has 1 aromatic carbocycles. The lowest BCUT2D eigenvalue weighted by Gasteiger charge is -2.01. The van der Waals surface area contributed by atoms with Crippen LogP contribution in [-0.4, -0.2) is 0 Å². The van der Waals surface area contributed by atoms with Crippen molar-refractivity contribution in [2.75, 3.05) is 0 Å². The molecule has 2 aliphatic carbocycles. The average molecular weight is 270 g/mol. The summed E-state index contributed by atoms with van der Waals surface area (Å²) >= 11 is 0. The lowest BCUT2D eigenvalue weighted by molar-refractivity contribution is 0.583. The van der Waals surface area contributed by atoms with Crippen molar-refractivity contribution in [3.63, 3.8) is 0 Å². The molecule has 1 heterocycles. The topological polar surface area (TPSA) is 13.1 Å². The van der Waals surface area contributed by atoms with E-state index in [-0.39, 0.29) is 0 Å². The van der Waals surface area contributed by atoms with E-state index in [1.54, 1.807) is 6.26 Å². The second kappa shape index (κ2) is 4.95. The zero-order valence-corrected chi connectivity index (χ0v) is 11.5. The maximum Gasteiger partial charge on any atom is 0.134 e. The fourth-order valence-corrected chi connectivity index (χ4v) is 2.81. The molecule has 0 amide bonds. The monoisotopic (exact) mass is 270 g/mol. The highest BCUT2D eigenvalue weighted by Crippen LogP contribution is 2.43. The van der Waals surface area contributed by atoms with Crippen LogP contribution in [0.25, 0.3) is 33.6 Å². The predicted molar refractivity (Wildman–Crippen MR) is 86.2 cm³/mol. The van der Waals surface area contributed by atoms with Gasteiger partial charge in [0.15, 0.2) is 0 Å². The van der Waals surface area contributed by atoms with Crippen LogP contribution in [0.3, 0.4) is 0 Å². The maximum atomic E-state index is 5.61. The Hall–Kier alpha value is -2.80. The minimum absolute atomic E-state index is 0.911. The van der Waals surface area contributed by atoms with Crippen molar-refractivity contribution in [1.29, 1.82) is 0 Å². The van der Waals surface area contributed by atoms with Crippen LogP contribution in [0, 0.1) is 0 Å². The molecule has 1 aromatic heterocycles. The third kappa shape index (κ3) is 2.03. The smallest absolute Gasteiger partial charge is 0.134 e. The fraction of sp³-hybridized carbons (Fsp3) is 0. The van der Waals surface area contributed by atoms with Crippen LogP contribution in [-0.2, 0) is 0 Å². The summed E-state index contributed by atoms with van der Waals surface area (Å²) in [6.07, 6.45) is 1.72. The van der Waals surface area contributed by atoms with Crippen LogP contribution in [0.2, 0.25) is 0 Å². The highest BCUT2D eigenvalue weighted by molar-refractivity contribution is 5.96. The Morgan fingerprint density at radius 2 is 1.19 bits per heavy atom. The molecule has 0 spiro atoms. The zero-order chi connectivity index (χ0) is 14.1. The molecule has 0 atom stereocenters. The predicted octanol–water partition coefficient (Wildman–Crippen LogP) is 5.72. The van der Waals surface area contributed by atoms with Gasteiger partial charge in [0.1, 0.15) is 5.76 Å². The van der Waals surface area contributed by atoms with Gasteiger partial charge in [0.05, 0.1) is 6.26 Å². The van der Waals surface area contributed by atoms with E-state index in [4.69, 9.17) is 4.42 Å². The van der Waals surface area contributed by atoms with Gasteiger partial charge in [0, 0.05) is 5.56 Å². The number of hydrogen-bond donors (Lipinski definition) is 0. The van der Waals surface area contributed by atoms with Crippen molar-refractivity contribution in [3.05, 3.63) is 85.1 Å². The quantitative estimate of drug-likeness (QED) is 0.454. The lowest BCUT2D eigenvalue weighted by Crippen LogP contribution is -1.75. The Balaban J connectivity index is 2.01. The summed E-state index contributed by atoms with van der Waals surface area (Å²) < 4.78 is 5.61. The van der Waals surface area contributed by atoms with Crippen LogP contribution >= 0.6 is 0 Å². The molecule has 0 saturated heterocycles. The van der Waals surface area contributed by atoms with Gasteiger partial charge in [-0.15, -0.1) is 0 Å². The highest BCUT2D eigenvalue weighted by Gasteiger charge is 2.18. The SMILES string of the molecule is c1ccc(-c2cc(-c3ccco3)c3cccccc2-3)cc1. The van der Waals surface area contributed by atoms with Crippen LogP contribution in [0.4, 0.5) is 0 Å². The molecule has 0 aliphatic heterocycles. The second-order valence-corrected chi connectivity index (χ2v) is 5.05. The molecule has 1 nitrogen and oxygen atoms in total. The second-order valence-electron chi connectivity index (χ2n) is 5.05. The number of fused-ring (bicyclic) bond motifs is 1. The molecule has 100 valence electrons. The van der Waals surface area contributed by atoms with Gasteiger partial charge < -0.3 is 4.42 Å². The van der Waals surface area contributed by atoms with Crippen LogP contribution in [0.1, 0.15) is 0 Å². The first-order valence-electron chi connectivity index (χ1n) is 7.04. The Morgan fingerprint density at radius 1 is 0.524 bits per heavy atom. The summed E-state index contributed by atoms with van der Waals surface area (Å²) in [5, 5.41) is 0. The minimum atomic E-state index is 0.911. The maximum absolute atomic E-state index is 5.61. The Morgan fingerprint density at radius 3 is 1.86 bits per heavy atom. The molecule has 0 N–H and O–H groups in total. The summed E-state index contributed by atoms with van der Waals surface area (Å²) in [7, 11) is 0. The summed E-state index contributed by atoms with van der Waals surface area (Å²) in [5.74, 6) is 0.911. The summed E-state index contributed by atoms with van der Waals surface area (Å²) in [6.45, 7) is 0. The molecule has 2 aromatic rings. The largest absolute Gasteiger partial charge is 0.464 e. The zero-order valence-electron chi connectivity index (χ0n) is 11.5. The van der Waals surface area contributed by atoms with Crippen molar-refractivity contribution < 1.29 is 4.42 Å². The molecule has 0 fully saturated rings. The minimum Gasteiger partial charge on any atom is -0.464 e. The first kappa shape index (κ1) is 12.0. The van der Waals surface area contributed by atoms with Gasteiger partial charge in [-0.25, -0.2) is 0 Å². The van der Waals surface area contributed by atoms with E-state index in [0.29, 0.717) is 0 Å². The van der Waals surface area contributed by atoms with Gasteiger partial charge in [0.2, 0.25) is 0 Å². The van der Waals surface area contributed by atoms with E-state index in [2.05, 4.69) is 60.7 Å². The Labute approximate surface area is 123 Å². The Kier molecular flexibility index (Phi) is 2.82. The molecule has 0 radical (unpaired) electrons. The normalized spacial score (nSPS) is 10.9. The lowest BCUT2D eigenvalue weighted by atomic mass is 10.0. The van der Waals surface area contributed by atoms with E-state index >= 15 is 0 Å². The van der Waals surface area contributed by atoms with E-state index < -0.39 is 0 Å². The van der Waals surface area contributed by atoms with Crippen molar-refractivity contribution >= 4 is 0 Å². The molecule has 0 saturated carbocycles. The number of hydrogen-bond acceptors (Lipinski definition) is 1. The van der Waals surface area contributed by atoms with Gasteiger partial charge in [-0.3, -0.25) is 0 Å². The molecule has 0 unspecified atom stereocenters. The van der Waals surface area contributed by atoms with Crippen molar-refractivity contribution in [2.45, 2.75) is 0 Å². The Bertz CT molecular complexity index is 829. The number of furan rings is 1. The third-order valence-corrected chi connectivity index (χ3v) is 3.78. The summed E-state index contributed by atoms with van der Waals surface area (Å²) in [6, 6.07) is 27.2. The summed E-state index contributed by atoms with van der Waals surface area (Å²) in [5.41, 5.74) is 6.08.